The van der Waals surface area contributed by atoms with E-state index in [0.29, 0.717) is 5.92 Å². The Bertz CT molecular complexity index is 257. The summed E-state index contributed by atoms with van der Waals surface area (Å²) in [4.78, 5) is 0. The molecule has 0 spiro atoms. The standard InChI is InChI=1S/C11H16O2/c1-8(2)11-9(6-12)4-3-5-10(11)7-13/h3-5,8,12-13H,6-7H2,1-2H3. The predicted molar refractivity (Wildman–Crippen MR) is 52.4 cm³/mol. The third-order valence-corrected chi connectivity index (χ3v) is 2.20. The van der Waals surface area contributed by atoms with E-state index < -0.39 is 0 Å². The molecule has 72 valence electrons. The first-order valence-electron chi connectivity index (χ1n) is 4.53. The highest BCUT2D eigenvalue weighted by Crippen LogP contribution is 2.23. The van der Waals surface area contributed by atoms with Gasteiger partial charge in [0.2, 0.25) is 0 Å². The fourth-order valence-electron chi connectivity index (χ4n) is 1.68. The van der Waals surface area contributed by atoms with E-state index in [9.17, 15) is 0 Å². The minimum Gasteiger partial charge on any atom is -0.392 e. The first-order chi connectivity index (χ1) is 6.20. The molecule has 2 nitrogen and oxygen atoms in total. The Labute approximate surface area is 78.8 Å². The number of aliphatic hydroxyl groups is 2. The Balaban J connectivity index is 3.21. The molecule has 0 aliphatic heterocycles. The molecule has 13 heavy (non-hydrogen) atoms. The summed E-state index contributed by atoms with van der Waals surface area (Å²) >= 11 is 0. The average Bonchev–Trinajstić information content (AvgIpc) is 2.16. The van der Waals surface area contributed by atoms with Crippen molar-refractivity contribution < 1.29 is 10.2 Å². The van der Waals surface area contributed by atoms with Crippen molar-refractivity contribution in [1.82, 2.24) is 0 Å². The van der Waals surface area contributed by atoms with Gasteiger partial charge in [0.25, 0.3) is 0 Å². The highest BCUT2D eigenvalue weighted by molar-refractivity contribution is 5.36. The van der Waals surface area contributed by atoms with Crippen LogP contribution in [-0.2, 0) is 13.2 Å². The summed E-state index contributed by atoms with van der Waals surface area (Å²) in [5.41, 5.74) is 2.91. The molecule has 0 fully saturated rings. The number of hydrogen-bond acceptors (Lipinski definition) is 2. The molecule has 0 aliphatic rings. The molecule has 1 aromatic rings. The minimum atomic E-state index is 0.0430. The first-order valence-corrected chi connectivity index (χ1v) is 4.53. The molecule has 2 N–H and O–H groups in total. The van der Waals surface area contributed by atoms with E-state index in [1.54, 1.807) is 0 Å². The molecule has 0 aliphatic carbocycles. The summed E-state index contributed by atoms with van der Waals surface area (Å²) in [5.74, 6) is 0.338. The smallest absolute Gasteiger partial charge is 0.0684 e. The van der Waals surface area contributed by atoms with E-state index in [0.717, 1.165) is 16.7 Å². The number of hydrogen-bond donors (Lipinski definition) is 2. The van der Waals surface area contributed by atoms with Crippen molar-refractivity contribution in [1.29, 1.82) is 0 Å². The maximum Gasteiger partial charge on any atom is 0.0684 e. The Morgan fingerprint density at radius 1 is 1.08 bits per heavy atom. The molecule has 0 unspecified atom stereocenters. The van der Waals surface area contributed by atoms with Crippen molar-refractivity contribution >= 4 is 0 Å². The molecule has 0 saturated heterocycles. The monoisotopic (exact) mass is 180 g/mol. The maximum atomic E-state index is 9.11. The van der Waals surface area contributed by atoms with Crippen LogP contribution in [0.2, 0.25) is 0 Å². The van der Waals surface area contributed by atoms with Gasteiger partial charge in [-0.15, -0.1) is 0 Å². The zero-order chi connectivity index (χ0) is 9.84. The summed E-state index contributed by atoms with van der Waals surface area (Å²) in [7, 11) is 0. The predicted octanol–water partition coefficient (Wildman–Crippen LogP) is 1.79. The first kappa shape index (κ1) is 10.2. The fourth-order valence-corrected chi connectivity index (χ4v) is 1.68. The van der Waals surface area contributed by atoms with E-state index in [1.807, 2.05) is 18.2 Å². The van der Waals surface area contributed by atoms with Crippen LogP contribution in [0.25, 0.3) is 0 Å². The SMILES string of the molecule is CC(C)c1c(CO)cccc1CO. The molecule has 0 bridgehead atoms. The van der Waals surface area contributed by atoms with E-state index in [1.165, 1.54) is 0 Å². The molecule has 0 atom stereocenters. The lowest BCUT2D eigenvalue weighted by atomic mass is 9.92. The Morgan fingerprint density at radius 2 is 1.54 bits per heavy atom. The van der Waals surface area contributed by atoms with E-state index in [4.69, 9.17) is 10.2 Å². The van der Waals surface area contributed by atoms with E-state index >= 15 is 0 Å². The normalized spacial score (nSPS) is 10.8. The molecule has 1 rings (SSSR count). The van der Waals surface area contributed by atoms with Crippen LogP contribution in [0, 0.1) is 0 Å². The van der Waals surface area contributed by atoms with Crippen LogP contribution >= 0.6 is 0 Å². The van der Waals surface area contributed by atoms with Gasteiger partial charge in [-0.3, -0.25) is 0 Å². The number of aliphatic hydroxyl groups excluding tert-OH is 2. The van der Waals surface area contributed by atoms with Gasteiger partial charge in [0.05, 0.1) is 13.2 Å². The van der Waals surface area contributed by atoms with Gasteiger partial charge in [0.15, 0.2) is 0 Å². The lowest BCUT2D eigenvalue weighted by Gasteiger charge is -2.15. The molecule has 0 saturated carbocycles. The summed E-state index contributed by atoms with van der Waals surface area (Å²) in [6, 6.07) is 5.66. The Morgan fingerprint density at radius 3 is 1.85 bits per heavy atom. The van der Waals surface area contributed by atoms with E-state index in [2.05, 4.69) is 13.8 Å². The molecule has 0 heterocycles. The topological polar surface area (TPSA) is 40.5 Å². The van der Waals surface area contributed by atoms with Gasteiger partial charge in [-0.25, -0.2) is 0 Å². The molecule has 0 amide bonds. The maximum absolute atomic E-state index is 9.11. The van der Waals surface area contributed by atoms with Crippen LogP contribution in [0.5, 0.6) is 0 Å². The zero-order valence-corrected chi connectivity index (χ0v) is 8.12. The van der Waals surface area contributed by atoms with Crippen LogP contribution in [0.3, 0.4) is 0 Å². The van der Waals surface area contributed by atoms with Crippen molar-refractivity contribution in [3.63, 3.8) is 0 Å². The van der Waals surface area contributed by atoms with Crippen LogP contribution < -0.4 is 0 Å². The second-order valence-corrected chi connectivity index (χ2v) is 3.46. The molecular formula is C11H16O2. The quantitative estimate of drug-likeness (QED) is 0.744. The van der Waals surface area contributed by atoms with Gasteiger partial charge in [-0.2, -0.15) is 0 Å². The number of benzene rings is 1. The average molecular weight is 180 g/mol. The fraction of sp³-hybridized carbons (Fsp3) is 0.455. The summed E-state index contributed by atoms with van der Waals surface area (Å²) in [6.45, 7) is 4.21. The van der Waals surface area contributed by atoms with Gasteiger partial charge in [-0.05, 0) is 22.6 Å². The van der Waals surface area contributed by atoms with Crippen LogP contribution in [0.15, 0.2) is 18.2 Å². The van der Waals surface area contributed by atoms with Gasteiger partial charge >= 0.3 is 0 Å². The summed E-state index contributed by atoms with van der Waals surface area (Å²) < 4.78 is 0. The van der Waals surface area contributed by atoms with Crippen LogP contribution in [0.1, 0.15) is 36.5 Å². The Kier molecular flexibility index (Phi) is 3.46. The highest BCUT2D eigenvalue weighted by atomic mass is 16.3. The molecule has 0 radical (unpaired) electrons. The van der Waals surface area contributed by atoms with Crippen molar-refractivity contribution in [2.75, 3.05) is 0 Å². The molecular weight excluding hydrogens is 164 g/mol. The second-order valence-electron chi connectivity index (χ2n) is 3.46. The van der Waals surface area contributed by atoms with Gasteiger partial charge in [0, 0.05) is 0 Å². The lowest BCUT2D eigenvalue weighted by molar-refractivity contribution is 0.272. The summed E-state index contributed by atoms with van der Waals surface area (Å²) in [6.07, 6.45) is 0. The minimum absolute atomic E-state index is 0.0430. The second kappa shape index (κ2) is 4.40. The van der Waals surface area contributed by atoms with Gasteiger partial charge in [-0.1, -0.05) is 32.0 Å². The molecule has 1 aromatic carbocycles. The highest BCUT2D eigenvalue weighted by Gasteiger charge is 2.09. The zero-order valence-electron chi connectivity index (χ0n) is 8.12. The van der Waals surface area contributed by atoms with E-state index in [-0.39, 0.29) is 13.2 Å². The van der Waals surface area contributed by atoms with Crippen molar-refractivity contribution in [2.24, 2.45) is 0 Å². The largest absolute Gasteiger partial charge is 0.392 e. The summed E-state index contributed by atoms with van der Waals surface area (Å²) in [5, 5.41) is 18.2. The molecule has 2 heteroatoms. The van der Waals surface area contributed by atoms with Crippen molar-refractivity contribution in [3.05, 3.63) is 34.9 Å². The van der Waals surface area contributed by atoms with Crippen LogP contribution in [-0.4, -0.2) is 10.2 Å². The molecule has 0 aromatic heterocycles. The lowest BCUT2D eigenvalue weighted by Crippen LogP contribution is -2.02. The third kappa shape index (κ3) is 2.08. The van der Waals surface area contributed by atoms with Gasteiger partial charge < -0.3 is 10.2 Å². The van der Waals surface area contributed by atoms with Crippen molar-refractivity contribution in [3.8, 4) is 0 Å². The number of rotatable bonds is 3. The third-order valence-electron chi connectivity index (χ3n) is 2.20. The van der Waals surface area contributed by atoms with Crippen molar-refractivity contribution in [2.45, 2.75) is 33.0 Å². The van der Waals surface area contributed by atoms with Crippen LogP contribution in [0.4, 0.5) is 0 Å². The van der Waals surface area contributed by atoms with Gasteiger partial charge in [0.1, 0.15) is 0 Å². The Hall–Kier alpha value is -0.860.